The zero-order chi connectivity index (χ0) is 13.7. The van der Waals surface area contributed by atoms with Crippen LogP contribution < -0.4 is 5.32 Å². The molecule has 1 aliphatic rings. The molecule has 1 fully saturated rings. The number of halogens is 1. The van der Waals surface area contributed by atoms with Crippen LogP contribution in [0.5, 0.6) is 0 Å². The molecule has 2 nitrogen and oxygen atoms in total. The smallest absolute Gasteiger partial charge is 0.0426 e. The molecule has 0 spiro atoms. The first-order chi connectivity index (χ1) is 9.05. The Balaban J connectivity index is 1.74. The summed E-state index contributed by atoms with van der Waals surface area (Å²) in [7, 11) is 0. The van der Waals surface area contributed by atoms with Gasteiger partial charge in [-0.05, 0) is 56.0 Å². The highest BCUT2D eigenvalue weighted by Gasteiger charge is 2.22. The molecule has 1 heterocycles. The van der Waals surface area contributed by atoms with Crippen LogP contribution in [-0.4, -0.2) is 31.1 Å². The third-order valence-corrected chi connectivity index (χ3v) is 4.25. The van der Waals surface area contributed by atoms with Crippen molar-refractivity contribution in [2.24, 2.45) is 5.41 Å². The second-order valence-electron chi connectivity index (χ2n) is 6.30. The predicted octanol–water partition coefficient (Wildman–Crippen LogP) is 4.26. The maximum Gasteiger partial charge on any atom is 0.0426 e. The van der Waals surface area contributed by atoms with Crippen molar-refractivity contribution in [1.82, 2.24) is 4.90 Å². The van der Waals surface area contributed by atoms with E-state index in [9.17, 15) is 0 Å². The summed E-state index contributed by atoms with van der Waals surface area (Å²) in [5.41, 5.74) is 1.64. The fourth-order valence-corrected chi connectivity index (χ4v) is 2.85. The molecule has 19 heavy (non-hydrogen) atoms. The number of hydrogen-bond donors (Lipinski definition) is 1. The zero-order valence-corrected chi connectivity index (χ0v) is 12.8. The lowest BCUT2D eigenvalue weighted by Crippen LogP contribution is -2.30. The largest absolute Gasteiger partial charge is 0.384 e. The zero-order valence-electron chi connectivity index (χ0n) is 12.1. The standard InChI is InChI=1S/C16H25ClN2/c1-16(2)7-4-10-19(11-8-16)12-9-18-15-6-3-5-14(17)13-15/h3,5-6,13,18H,4,7-12H2,1-2H3. The van der Waals surface area contributed by atoms with Crippen LogP contribution in [0.1, 0.15) is 33.1 Å². The first kappa shape index (κ1) is 14.7. The molecule has 0 atom stereocenters. The second kappa shape index (κ2) is 6.62. The monoisotopic (exact) mass is 280 g/mol. The summed E-state index contributed by atoms with van der Waals surface area (Å²) in [6, 6.07) is 7.94. The molecule has 1 N–H and O–H groups in total. The van der Waals surface area contributed by atoms with Crippen molar-refractivity contribution in [1.29, 1.82) is 0 Å². The van der Waals surface area contributed by atoms with E-state index in [0.717, 1.165) is 23.8 Å². The fourth-order valence-electron chi connectivity index (χ4n) is 2.66. The van der Waals surface area contributed by atoms with Crippen LogP contribution in [-0.2, 0) is 0 Å². The number of nitrogens with zero attached hydrogens (tertiary/aromatic N) is 1. The SMILES string of the molecule is CC1(C)CCCN(CCNc2cccc(Cl)c2)CC1. The Morgan fingerprint density at radius 3 is 2.89 bits per heavy atom. The van der Waals surface area contributed by atoms with E-state index < -0.39 is 0 Å². The van der Waals surface area contributed by atoms with Gasteiger partial charge in [0.25, 0.3) is 0 Å². The van der Waals surface area contributed by atoms with Gasteiger partial charge >= 0.3 is 0 Å². The molecule has 1 saturated heterocycles. The number of anilines is 1. The van der Waals surface area contributed by atoms with Gasteiger partial charge in [-0.25, -0.2) is 0 Å². The Bertz CT molecular complexity index is 403. The molecule has 3 heteroatoms. The molecular formula is C16H25ClN2. The third-order valence-electron chi connectivity index (χ3n) is 4.01. The number of benzene rings is 1. The van der Waals surface area contributed by atoms with Crippen LogP contribution in [0.3, 0.4) is 0 Å². The van der Waals surface area contributed by atoms with Crippen LogP contribution in [0, 0.1) is 5.41 Å². The van der Waals surface area contributed by atoms with E-state index in [1.807, 2.05) is 18.2 Å². The number of likely N-dealkylation sites (tertiary alicyclic amines) is 1. The third kappa shape index (κ3) is 5.04. The Hall–Kier alpha value is -0.730. The van der Waals surface area contributed by atoms with Crippen molar-refractivity contribution in [2.75, 3.05) is 31.5 Å². The molecule has 0 aliphatic carbocycles. The fraction of sp³-hybridized carbons (Fsp3) is 0.625. The molecule has 0 aromatic heterocycles. The van der Waals surface area contributed by atoms with Crippen LogP contribution in [0.4, 0.5) is 5.69 Å². The Labute approximate surface area is 122 Å². The van der Waals surface area contributed by atoms with Gasteiger partial charge in [-0.1, -0.05) is 31.5 Å². The molecule has 106 valence electrons. The van der Waals surface area contributed by atoms with Crippen molar-refractivity contribution >= 4 is 17.3 Å². The minimum atomic E-state index is 0.523. The van der Waals surface area contributed by atoms with Crippen LogP contribution in [0.25, 0.3) is 0 Å². The Kier molecular flexibility index (Phi) is 5.12. The second-order valence-corrected chi connectivity index (χ2v) is 6.73. The van der Waals surface area contributed by atoms with Crippen LogP contribution in [0.15, 0.2) is 24.3 Å². The highest BCUT2D eigenvalue weighted by Crippen LogP contribution is 2.29. The molecule has 2 rings (SSSR count). The van der Waals surface area contributed by atoms with E-state index in [0.29, 0.717) is 5.41 Å². The molecule has 0 bridgehead atoms. The number of rotatable bonds is 4. The van der Waals surface area contributed by atoms with Gasteiger partial charge in [0, 0.05) is 23.8 Å². The molecule has 0 radical (unpaired) electrons. The van der Waals surface area contributed by atoms with Gasteiger partial charge in [0.2, 0.25) is 0 Å². The summed E-state index contributed by atoms with van der Waals surface area (Å²) in [6.45, 7) is 9.34. The van der Waals surface area contributed by atoms with Crippen molar-refractivity contribution in [3.63, 3.8) is 0 Å². The summed E-state index contributed by atoms with van der Waals surface area (Å²) in [5, 5.41) is 4.24. The minimum absolute atomic E-state index is 0.523. The molecule has 1 aromatic rings. The van der Waals surface area contributed by atoms with Crippen molar-refractivity contribution in [3.8, 4) is 0 Å². The van der Waals surface area contributed by atoms with E-state index >= 15 is 0 Å². The average molecular weight is 281 g/mol. The summed E-state index contributed by atoms with van der Waals surface area (Å²) in [4.78, 5) is 2.58. The lowest BCUT2D eigenvalue weighted by atomic mass is 9.85. The van der Waals surface area contributed by atoms with Gasteiger partial charge in [0.1, 0.15) is 0 Å². The van der Waals surface area contributed by atoms with Crippen LogP contribution >= 0.6 is 11.6 Å². The average Bonchev–Trinajstić information content (AvgIpc) is 2.51. The lowest BCUT2D eigenvalue weighted by molar-refractivity contribution is 0.269. The van der Waals surface area contributed by atoms with Crippen LogP contribution in [0.2, 0.25) is 5.02 Å². The summed E-state index contributed by atoms with van der Waals surface area (Å²) in [6.07, 6.45) is 3.99. The minimum Gasteiger partial charge on any atom is -0.384 e. The first-order valence-corrected chi connectivity index (χ1v) is 7.65. The highest BCUT2D eigenvalue weighted by molar-refractivity contribution is 6.30. The normalized spacial score (nSPS) is 19.9. The van der Waals surface area contributed by atoms with Gasteiger partial charge < -0.3 is 10.2 Å². The van der Waals surface area contributed by atoms with Gasteiger partial charge in [-0.3, -0.25) is 0 Å². The lowest BCUT2D eigenvalue weighted by Gasteiger charge is -2.23. The molecule has 0 unspecified atom stereocenters. The first-order valence-electron chi connectivity index (χ1n) is 7.27. The van der Waals surface area contributed by atoms with Gasteiger partial charge in [-0.15, -0.1) is 0 Å². The molecule has 1 aromatic carbocycles. The van der Waals surface area contributed by atoms with Crippen molar-refractivity contribution in [3.05, 3.63) is 29.3 Å². The predicted molar refractivity (Wildman–Crippen MR) is 84.0 cm³/mol. The van der Waals surface area contributed by atoms with Gasteiger partial charge in [-0.2, -0.15) is 0 Å². The van der Waals surface area contributed by atoms with Crippen molar-refractivity contribution in [2.45, 2.75) is 33.1 Å². The maximum atomic E-state index is 5.98. The van der Waals surface area contributed by atoms with Crippen molar-refractivity contribution < 1.29 is 0 Å². The van der Waals surface area contributed by atoms with E-state index in [2.05, 4.69) is 30.1 Å². The molecule has 0 saturated carbocycles. The quantitative estimate of drug-likeness (QED) is 0.886. The van der Waals surface area contributed by atoms with E-state index in [1.165, 1.54) is 32.4 Å². The Morgan fingerprint density at radius 2 is 2.11 bits per heavy atom. The van der Waals surface area contributed by atoms with Gasteiger partial charge in [0.05, 0.1) is 0 Å². The molecular weight excluding hydrogens is 256 g/mol. The molecule has 1 aliphatic heterocycles. The molecule has 0 amide bonds. The van der Waals surface area contributed by atoms with E-state index in [-0.39, 0.29) is 0 Å². The number of nitrogens with one attached hydrogen (secondary N) is 1. The number of hydrogen-bond acceptors (Lipinski definition) is 2. The summed E-state index contributed by atoms with van der Waals surface area (Å²) < 4.78 is 0. The highest BCUT2D eigenvalue weighted by atomic mass is 35.5. The summed E-state index contributed by atoms with van der Waals surface area (Å²) in [5.74, 6) is 0. The maximum absolute atomic E-state index is 5.98. The topological polar surface area (TPSA) is 15.3 Å². The van der Waals surface area contributed by atoms with E-state index in [4.69, 9.17) is 11.6 Å². The Morgan fingerprint density at radius 1 is 1.26 bits per heavy atom. The summed E-state index contributed by atoms with van der Waals surface area (Å²) >= 11 is 5.98. The van der Waals surface area contributed by atoms with Gasteiger partial charge in [0.15, 0.2) is 0 Å². The van der Waals surface area contributed by atoms with E-state index in [1.54, 1.807) is 0 Å².